The van der Waals surface area contributed by atoms with Gasteiger partial charge >= 0.3 is 9.05 Å². The highest BCUT2D eigenvalue weighted by molar-refractivity contribution is 6.53. The number of aliphatic hydroxyl groups is 1. The lowest BCUT2D eigenvalue weighted by molar-refractivity contribution is -0.0216. The van der Waals surface area contributed by atoms with Gasteiger partial charge in [0.05, 0.1) is 6.61 Å². The monoisotopic (exact) mass is 210 g/mol. The zero-order valence-corrected chi connectivity index (χ0v) is 8.85. The molecule has 1 aliphatic rings. The van der Waals surface area contributed by atoms with Crippen LogP contribution in [0.15, 0.2) is 0 Å². The number of ether oxygens (including phenoxy) is 1. The fourth-order valence-electron chi connectivity index (χ4n) is 0.896. The third-order valence-electron chi connectivity index (χ3n) is 1.73. The van der Waals surface area contributed by atoms with E-state index in [1.807, 2.05) is 0 Å². The van der Waals surface area contributed by atoms with E-state index in [2.05, 4.69) is 0 Å². The highest BCUT2D eigenvalue weighted by atomic mass is 28.4. The van der Waals surface area contributed by atoms with Gasteiger partial charge in [-0.3, -0.25) is 0 Å². The predicted molar refractivity (Wildman–Crippen MR) is 43.6 cm³/mol. The lowest BCUT2D eigenvalue weighted by Crippen LogP contribution is -2.47. The third-order valence-corrected chi connectivity index (χ3v) is 3.75. The van der Waals surface area contributed by atoms with Gasteiger partial charge in [-0.05, 0) is 0 Å². The van der Waals surface area contributed by atoms with Crippen molar-refractivity contribution < 1.29 is 27.5 Å². The van der Waals surface area contributed by atoms with Gasteiger partial charge in [0.2, 0.25) is 0 Å². The molecule has 0 bridgehead atoms. The molecule has 1 saturated heterocycles. The van der Waals surface area contributed by atoms with Crippen molar-refractivity contribution in [3.63, 3.8) is 0 Å². The Bertz CT molecular complexity index is 153. The summed E-state index contributed by atoms with van der Waals surface area (Å²) in [5.41, 5.74) is 0. The van der Waals surface area contributed by atoms with Crippen molar-refractivity contribution in [3.8, 4) is 0 Å². The van der Waals surface area contributed by atoms with Crippen molar-refractivity contribution in [3.05, 3.63) is 0 Å². The van der Waals surface area contributed by atoms with Crippen LogP contribution in [0.2, 0.25) is 0 Å². The molecule has 0 amide bonds. The fraction of sp³-hybridized carbons (Fsp3) is 1.00. The fourth-order valence-corrected chi connectivity index (χ4v) is 2.18. The molecule has 2 unspecified atom stereocenters. The number of hydrogen-bond donors (Lipinski definition) is 1. The second kappa shape index (κ2) is 4.47. The molecule has 1 heterocycles. The Morgan fingerprint density at radius 1 is 1.23 bits per heavy atom. The molecule has 0 spiro atoms. The quantitative estimate of drug-likeness (QED) is 0.452. The first-order chi connectivity index (χ1) is 6.21. The molecule has 0 aromatic rings. The molecule has 78 valence electrons. The van der Waals surface area contributed by atoms with Crippen LogP contribution in [-0.4, -0.2) is 54.5 Å². The van der Waals surface area contributed by atoms with Crippen LogP contribution >= 0.6 is 0 Å². The molecule has 2 atom stereocenters. The molecule has 1 rings (SSSR count). The van der Waals surface area contributed by atoms with Gasteiger partial charge in [0.25, 0.3) is 0 Å². The van der Waals surface area contributed by atoms with Crippen molar-refractivity contribution >= 4 is 9.05 Å². The first-order valence-corrected chi connectivity index (χ1v) is 5.44. The predicted octanol–water partition coefficient (Wildman–Crippen LogP) is -0.905. The van der Waals surface area contributed by atoms with Gasteiger partial charge < -0.3 is 27.5 Å². The van der Waals surface area contributed by atoms with E-state index in [9.17, 15) is 0 Å². The Hall–Kier alpha value is -0.0231. The maximum Gasteiger partial charge on any atom is 0.680 e. The average Bonchev–Trinajstić information content (AvgIpc) is 2.93. The lowest BCUT2D eigenvalue weighted by atomic mass is 10.5. The minimum absolute atomic E-state index is 0.0771. The molecule has 1 fully saturated rings. The van der Waals surface area contributed by atoms with Crippen molar-refractivity contribution in [2.45, 2.75) is 12.4 Å². The molecule has 0 saturated carbocycles. The summed E-state index contributed by atoms with van der Waals surface area (Å²) in [7, 11) is 1.31. The number of hydrogen-bond acceptors (Lipinski definition) is 6. The standard InChI is InChI=1S/C6H14O6Si/c1-8-13(9-2,10-3)12-6-5(4-7)11-6/h5-7H,4H2,1-3H3. The second-order valence-electron chi connectivity index (χ2n) is 2.46. The summed E-state index contributed by atoms with van der Waals surface area (Å²) in [4.78, 5) is 0. The molecule has 0 aromatic carbocycles. The maximum absolute atomic E-state index is 8.68. The second-order valence-corrected chi connectivity index (χ2v) is 4.92. The summed E-state index contributed by atoms with van der Waals surface area (Å²) in [5, 5.41) is 8.68. The number of aliphatic hydroxyl groups excluding tert-OH is 1. The Morgan fingerprint density at radius 3 is 2.08 bits per heavy atom. The van der Waals surface area contributed by atoms with Crippen LogP contribution in [-0.2, 0) is 22.4 Å². The minimum atomic E-state index is -3.01. The van der Waals surface area contributed by atoms with E-state index < -0.39 is 15.3 Å². The van der Waals surface area contributed by atoms with Gasteiger partial charge in [0.1, 0.15) is 6.10 Å². The van der Waals surface area contributed by atoms with Crippen LogP contribution < -0.4 is 0 Å². The van der Waals surface area contributed by atoms with Gasteiger partial charge in [-0.1, -0.05) is 0 Å². The van der Waals surface area contributed by atoms with E-state index in [4.69, 9.17) is 27.5 Å². The molecule has 1 aliphatic heterocycles. The molecule has 0 aromatic heterocycles. The third kappa shape index (κ3) is 2.47. The van der Waals surface area contributed by atoms with Gasteiger partial charge in [-0.2, -0.15) is 0 Å². The van der Waals surface area contributed by atoms with Gasteiger partial charge in [0.15, 0.2) is 6.29 Å². The molecular formula is C6H14O6Si. The van der Waals surface area contributed by atoms with Gasteiger partial charge in [0, 0.05) is 21.3 Å². The molecule has 0 aliphatic carbocycles. The summed E-state index contributed by atoms with van der Waals surface area (Å²) < 4.78 is 25.2. The largest absolute Gasteiger partial charge is 0.680 e. The van der Waals surface area contributed by atoms with Crippen molar-refractivity contribution in [1.29, 1.82) is 0 Å². The van der Waals surface area contributed by atoms with Crippen LogP contribution in [0.5, 0.6) is 0 Å². The Morgan fingerprint density at radius 2 is 1.77 bits per heavy atom. The number of rotatable bonds is 6. The SMILES string of the molecule is CO[Si](OC)(OC)OC1OC1CO. The van der Waals surface area contributed by atoms with E-state index in [0.29, 0.717) is 0 Å². The van der Waals surface area contributed by atoms with E-state index >= 15 is 0 Å². The van der Waals surface area contributed by atoms with Gasteiger partial charge in [-0.15, -0.1) is 0 Å². The maximum atomic E-state index is 8.68. The molecule has 0 radical (unpaired) electrons. The van der Waals surface area contributed by atoms with Crippen LogP contribution in [0, 0.1) is 0 Å². The molecule has 6 nitrogen and oxygen atoms in total. The normalized spacial score (nSPS) is 27.7. The highest BCUT2D eigenvalue weighted by Gasteiger charge is 2.52. The Labute approximate surface area is 77.8 Å². The Kier molecular flexibility index (Phi) is 3.80. The first-order valence-electron chi connectivity index (χ1n) is 3.81. The number of epoxide rings is 1. The highest BCUT2D eigenvalue weighted by Crippen LogP contribution is 2.26. The zero-order chi connectivity index (χ0) is 9.90. The first kappa shape index (κ1) is 11.1. The molecular weight excluding hydrogens is 196 g/mol. The van der Waals surface area contributed by atoms with Gasteiger partial charge in [-0.25, -0.2) is 0 Å². The summed E-state index contributed by atoms with van der Waals surface area (Å²) in [5.74, 6) is 0. The van der Waals surface area contributed by atoms with Crippen LogP contribution in [0.1, 0.15) is 0 Å². The topological polar surface area (TPSA) is 69.7 Å². The summed E-state index contributed by atoms with van der Waals surface area (Å²) in [6.07, 6.45) is -0.760. The average molecular weight is 210 g/mol. The van der Waals surface area contributed by atoms with Crippen LogP contribution in [0.3, 0.4) is 0 Å². The smallest absolute Gasteiger partial charge is 0.393 e. The Balaban J connectivity index is 2.39. The van der Waals surface area contributed by atoms with E-state index in [-0.39, 0.29) is 12.7 Å². The summed E-state index contributed by atoms with van der Waals surface area (Å²) >= 11 is 0. The molecule has 13 heavy (non-hydrogen) atoms. The molecule has 1 N–H and O–H groups in total. The summed E-state index contributed by atoms with van der Waals surface area (Å²) in [6.45, 7) is -0.0771. The van der Waals surface area contributed by atoms with E-state index in [1.165, 1.54) is 21.3 Å². The zero-order valence-electron chi connectivity index (χ0n) is 7.85. The van der Waals surface area contributed by atoms with E-state index in [1.54, 1.807) is 0 Å². The van der Waals surface area contributed by atoms with Crippen molar-refractivity contribution in [2.24, 2.45) is 0 Å². The van der Waals surface area contributed by atoms with Crippen LogP contribution in [0.25, 0.3) is 0 Å². The van der Waals surface area contributed by atoms with Crippen LogP contribution in [0.4, 0.5) is 0 Å². The van der Waals surface area contributed by atoms with Crippen molar-refractivity contribution in [2.75, 3.05) is 27.9 Å². The summed E-state index contributed by atoms with van der Waals surface area (Å²) in [6, 6.07) is 0. The van der Waals surface area contributed by atoms with Crippen molar-refractivity contribution in [1.82, 2.24) is 0 Å². The lowest BCUT2D eigenvalue weighted by Gasteiger charge is -2.21. The molecule has 7 heteroatoms. The van der Waals surface area contributed by atoms with E-state index in [0.717, 1.165) is 0 Å². The minimum Gasteiger partial charge on any atom is -0.393 e.